The van der Waals surface area contributed by atoms with Gasteiger partial charge in [0.05, 0.1) is 10.4 Å². The van der Waals surface area contributed by atoms with E-state index in [0.717, 1.165) is 11.8 Å². The molecule has 0 amide bonds. The van der Waals surface area contributed by atoms with E-state index in [0.29, 0.717) is 27.7 Å². The molecule has 1 aromatic heterocycles. The van der Waals surface area contributed by atoms with Gasteiger partial charge >= 0.3 is 0 Å². The second-order valence-corrected chi connectivity index (χ2v) is 11.9. The summed E-state index contributed by atoms with van der Waals surface area (Å²) in [5, 5.41) is 7.75. The largest absolute Gasteiger partial charge is 0.280 e. The third-order valence-corrected chi connectivity index (χ3v) is 8.40. The Hall–Kier alpha value is -4.02. The van der Waals surface area contributed by atoms with E-state index in [2.05, 4.69) is 14.9 Å². The van der Waals surface area contributed by atoms with Gasteiger partial charge in [0.2, 0.25) is 0 Å². The van der Waals surface area contributed by atoms with Crippen molar-refractivity contribution in [2.24, 2.45) is 0 Å². The highest BCUT2D eigenvalue weighted by Crippen LogP contribution is 2.33. The number of rotatable bonds is 6. The second-order valence-electron chi connectivity index (χ2n) is 8.22. The molecular weight excluding hydrogens is 501 g/mol. The molecule has 0 radical (unpaired) electrons. The van der Waals surface area contributed by atoms with Gasteiger partial charge in [0.15, 0.2) is 9.84 Å². The van der Waals surface area contributed by atoms with Crippen molar-refractivity contribution in [3.8, 4) is 22.4 Å². The minimum Gasteiger partial charge on any atom is -0.280 e. The van der Waals surface area contributed by atoms with Crippen LogP contribution in [-0.2, 0) is 19.9 Å². The first-order chi connectivity index (χ1) is 17.1. The first kappa shape index (κ1) is 23.7. The number of nitrogens with one attached hydrogen (secondary N) is 2. The lowest BCUT2D eigenvalue weighted by Gasteiger charge is -2.11. The number of aromatic amines is 1. The van der Waals surface area contributed by atoms with Crippen molar-refractivity contribution in [3.05, 3.63) is 96.8 Å². The lowest BCUT2D eigenvalue weighted by Crippen LogP contribution is -2.16. The number of benzene rings is 4. The lowest BCUT2D eigenvalue weighted by atomic mass is 10.0. The van der Waals surface area contributed by atoms with Crippen LogP contribution < -0.4 is 4.72 Å². The molecule has 0 aliphatic carbocycles. The number of sulfone groups is 1. The summed E-state index contributed by atoms with van der Waals surface area (Å²) in [6.07, 6.45) is 0.952. The molecule has 4 aromatic carbocycles. The maximum atomic E-state index is 15.0. The number of anilines is 1. The molecule has 5 rings (SSSR count). The molecule has 36 heavy (non-hydrogen) atoms. The highest BCUT2D eigenvalue weighted by atomic mass is 32.2. The Labute approximate surface area is 207 Å². The topological polar surface area (TPSA) is 109 Å². The molecule has 10 heteroatoms. The lowest BCUT2D eigenvalue weighted by molar-refractivity contribution is 0.588. The van der Waals surface area contributed by atoms with Gasteiger partial charge in [-0.05, 0) is 42.0 Å². The maximum Gasteiger partial charge on any atom is 0.263 e. The van der Waals surface area contributed by atoms with Gasteiger partial charge in [-0.25, -0.2) is 21.2 Å². The van der Waals surface area contributed by atoms with Crippen molar-refractivity contribution in [2.75, 3.05) is 11.0 Å². The smallest absolute Gasteiger partial charge is 0.263 e. The predicted octanol–water partition coefficient (Wildman–Crippen LogP) is 5.24. The minimum atomic E-state index is -4.22. The van der Waals surface area contributed by atoms with Crippen LogP contribution in [0.1, 0.15) is 0 Å². The summed E-state index contributed by atoms with van der Waals surface area (Å²) in [5.41, 5.74) is 2.99. The molecule has 0 aliphatic heterocycles. The molecule has 5 aromatic rings. The van der Waals surface area contributed by atoms with Crippen LogP contribution >= 0.6 is 0 Å². The average molecular weight is 522 g/mol. The third-order valence-electron chi connectivity index (χ3n) is 5.68. The van der Waals surface area contributed by atoms with E-state index in [1.54, 1.807) is 24.3 Å². The fourth-order valence-electron chi connectivity index (χ4n) is 4.00. The Balaban J connectivity index is 1.53. The Morgan fingerprint density at radius 3 is 2.17 bits per heavy atom. The fraction of sp³-hybridized carbons (Fsp3) is 0.0385. The van der Waals surface area contributed by atoms with Crippen LogP contribution in [0.2, 0.25) is 0 Å². The number of H-pyrrole nitrogens is 1. The summed E-state index contributed by atoms with van der Waals surface area (Å²) in [6, 6.07) is 24.1. The zero-order valence-corrected chi connectivity index (χ0v) is 20.6. The minimum absolute atomic E-state index is 0.204. The van der Waals surface area contributed by atoms with Gasteiger partial charge in [-0.3, -0.25) is 9.82 Å². The van der Waals surface area contributed by atoms with Gasteiger partial charge in [-0.1, -0.05) is 54.6 Å². The zero-order valence-electron chi connectivity index (χ0n) is 18.9. The molecule has 0 aliphatic rings. The van der Waals surface area contributed by atoms with Crippen molar-refractivity contribution < 1.29 is 21.2 Å². The Bertz CT molecular complexity index is 1820. The molecule has 1 heterocycles. The number of halogens is 1. The normalized spacial score (nSPS) is 12.1. The second kappa shape index (κ2) is 8.89. The van der Waals surface area contributed by atoms with Crippen LogP contribution in [0.5, 0.6) is 0 Å². The summed E-state index contributed by atoms with van der Waals surface area (Å²) in [5.74, 6) is -0.413. The van der Waals surface area contributed by atoms with Crippen molar-refractivity contribution in [1.29, 1.82) is 0 Å². The Kier molecular flexibility index (Phi) is 5.85. The van der Waals surface area contributed by atoms with E-state index in [1.165, 1.54) is 36.4 Å². The number of nitrogens with zero attached hydrogens (tertiary/aromatic N) is 1. The van der Waals surface area contributed by atoms with Gasteiger partial charge < -0.3 is 0 Å². The summed E-state index contributed by atoms with van der Waals surface area (Å²) in [6.45, 7) is 0. The van der Waals surface area contributed by atoms with Crippen LogP contribution in [0.3, 0.4) is 0 Å². The van der Waals surface area contributed by atoms with Crippen molar-refractivity contribution in [3.63, 3.8) is 0 Å². The van der Waals surface area contributed by atoms with E-state index < -0.39 is 25.7 Å². The number of sulfonamides is 1. The van der Waals surface area contributed by atoms with Crippen LogP contribution in [-0.4, -0.2) is 33.3 Å². The average Bonchev–Trinajstić information content (AvgIpc) is 3.27. The van der Waals surface area contributed by atoms with Crippen molar-refractivity contribution >= 4 is 36.5 Å². The van der Waals surface area contributed by atoms with E-state index in [9.17, 15) is 21.2 Å². The van der Waals surface area contributed by atoms with Crippen molar-refractivity contribution in [1.82, 2.24) is 10.2 Å². The van der Waals surface area contributed by atoms with Gasteiger partial charge in [-0.2, -0.15) is 5.10 Å². The quantitative estimate of drug-likeness (QED) is 0.318. The Morgan fingerprint density at radius 2 is 1.47 bits per heavy atom. The molecule has 0 atom stereocenters. The molecule has 2 N–H and O–H groups in total. The molecule has 0 saturated carbocycles. The van der Waals surface area contributed by atoms with Gasteiger partial charge in [0, 0.05) is 28.5 Å². The van der Waals surface area contributed by atoms with E-state index in [1.807, 2.05) is 30.3 Å². The van der Waals surface area contributed by atoms with Crippen LogP contribution in [0.15, 0.2) is 101 Å². The van der Waals surface area contributed by atoms with E-state index in [-0.39, 0.29) is 15.5 Å². The molecular formula is C26H20FN3O4S2. The number of hydrogen-bond donors (Lipinski definition) is 2. The summed E-state index contributed by atoms with van der Waals surface area (Å²) >= 11 is 0. The predicted molar refractivity (Wildman–Crippen MR) is 137 cm³/mol. The number of hydrogen-bond acceptors (Lipinski definition) is 5. The fourth-order valence-corrected chi connectivity index (χ4v) is 6.68. The molecule has 0 spiro atoms. The molecule has 7 nitrogen and oxygen atoms in total. The molecule has 0 fully saturated rings. The monoisotopic (exact) mass is 521 g/mol. The van der Waals surface area contributed by atoms with E-state index >= 15 is 0 Å². The highest BCUT2D eigenvalue weighted by Gasteiger charge is 2.24. The summed E-state index contributed by atoms with van der Waals surface area (Å²) in [4.78, 5) is -0.643. The summed E-state index contributed by atoms with van der Waals surface area (Å²) < 4.78 is 67.7. The first-order valence-electron chi connectivity index (χ1n) is 10.8. The van der Waals surface area contributed by atoms with Crippen molar-refractivity contribution in [2.45, 2.75) is 9.79 Å². The third kappa shape index (κ3) is 4.48. The van der Waals surface area contributed by atoms with Crippen LogP contribution in [0, 0.1) is 5.82 Å². The molecule has 0 unspecified atom stereocenters. The molecule has 182 valence electrons. The summed E-state index contributed by atoms with van der Waals surface area (Å²) in [7, 11) is -7.99. The van der Waals surface area contributed by atoms with Crippen LogP contribution in [0.25, 0.3) is 33.3 Å². The van der Waals surface area contributed by atoms with E-state index in [4.69, 9.17) is 0 Å². The van der Waals surface area contributed by atoms with Gasteiger partial charge in [-0.15, -0.1) is 0 Å². The first-order valence-corrected chi connectivity index (χ1v) is 14.2. The maximum absolute atomic E-state index is 15.0. The molecule has 0 bridgehead atoms. The molecule has 0 saturated heterocycles. The Morgan fingerprint density at radius 1 is 0.778 bits per heavy atom. The number of aromatic nitrogens is 2. The van der Waals surface area contributed by atoms with Gasteiger partial charge in [0.1, 0.15) is 16.4 Å². The standard InChI is InChI=1S/C26H20FN3O4S2/c1-35(31,32)24-9-5-6-10-25(24)36(33,34)30-19-12-14-23-21(16-19)26(29-28-23)18-11-13-20(22(27)15-18)17-7-3-2-4-8-17/h2-16,30H,1H3,(H,28,29). The van der Waals surface area contributed by atoms with Gasteiger partial charge in [0.25, 0.3) is 10.0 Å². The zero-order chi connectivity index (χ0) is 25.5. The SMILES string of the molecule is CS(=O)(=O)c1ccccc1S(=O)(=O)Nc1ccc2[nH]nc(-c3ccc(-c4ccccc4)c(F)c3)c2c1. The van der Waals surface area contributed by atoms with Crippen LogP contribution in [0.4, 0.5) is 10.1 Å². The number of fused-ring (bicyclic) bond motifs is 1. The highest BCUT2D eigenvalue weighted by molar-refractivity contribution is 7.95.